The monoisotopic (exact) mass is 438 g/mol. The number of hydrogen-bond donors (Lipinski definition) is 0. The van der Waals surface area contributed by atoms with Crippen molar-refractivity contribution in [3.05, 3.63) is 57.7 Å². The van der Waals surface area contributed by atoms with Crippen molar-refractivity contribution in [2.45, 2.75) is 45.3 Å². The minimum atomic E-state index is 0.250. The van der Waals surface area contributed by atoms with Gasteiger partial charge in [-0.1, -0.05) is 48.6 Å². The second kappa shape index (κ2) is 8.63. The molecule has 0 heterocycles. The first-order chi connectivity index (χ1) is 11.7. The van der Waals surface area contributed by atoms with Gasteiger partial charge < -0.3 is 9.47 Å². The summed E-state index contributed by atoms with van der Waals surface area (Å²) in [7, 11) is 0. The average molecular weight is 438 g/mol. The number of ether oxygens (including phenoxy) is 2. The summed E-state index contributed by atoms with van der Waals surface area (Å²) in [4.78, 5) is 0. The quantitative estimate of drug-likeness (QED) is 0.229. The molecule has 0 bridgehead atoms. The minimum absolute atomic E-state index is 0.250. The Morgan fingerprint density at radius 1 is 1.21 bits per heavy atom. The van der Waals surface area contributed by atoms with Gasteiger partial charge >= 0.3 is 0 Å². The van der Waals surface area contributed by atoms with E-state index in [-0.39, 0.29) is 6.10 Å². The smallest absolute Gasteiger partial charge is 0.147 e. The van der Waals surface area contributed by atoms with E-state index < -0.39 is 0 Å². The van der Waals surface area contributed by atoms with Gasteiger partial charge in [0.1, 0.15) is 6.79 Å². The van der Waals surface area contributed by atoms with E-state index in [1.807, 2.05) is 18.2 Å². The standard InChI is InChI=1S/C21H27IO2/c1-15(2)17-11-12-19(18-9-6-10-20(18)22)21(17)24-14-23-13-16-7-4-3-5-8-16/h3-5,7-8,10,17-19,21H,1,6,9,11-14H2,2H3/t17-,18-,19+,21+/m0/s1. The van der Waals surface area contributed by atoms with Crippen molar-refractivity contribution in [3.63, 3.8) is 0 Å². The van der Waals surface area contributed by atoms with Crippen LogP contribution in [-0.4, -0.2) is 12.9 Å². The highest BCUT2D eigenvalue weighted by Crippen LogP contribution is 2.48. The molecule has 0 aromatic heterocycles. The van der Waals surface area contributed by atoms with Crippen LogP contribution in [0.3, 0.4) is 0 Å². The largest absolute Gasteiger partial charge is 0.351 e. The average Bonchev–Trinajstić information content (AvgIpc) is 3.18. The highest BCUT2D eigenvalue weighted by molar-refractivity contribution is 14.1. The normalized spacial score (nSPS) is 29.7. The van der Waals surface area contributed by atoms with Crippen LogP contribution in [0.5, 0.6) is 0 Å². The number of allylic oxidation sites excluding steroid dienone is 2. The molecule has 2 nitrogen and oxygen atoms in total. The summed E-state index contributed by atoms with van der Waals surface area (Å²) in [6.45, 7) is 7.32. The Kier molecular flexibility index (Phi) is 6.53. The fourth-order valence-corrected chi connectivity index (χ4v) is 5.25. The molecule has 3 heteroatoms. The van der Waals surface area contributed by atoms with Crippen LogP contribution in [0.1, 0.15) is 38.2 Å². The molecule has 0 aliphatic heterocycles. The zero-order valence-electron chi connectivity index (χ0n) is 14.4. The number of hydrogen-bond acceptors (Lipinski definition) is 2. The maximum Gasteiger partial charge on any atom is 0.147 e. The highest BCUT2D eigenvalue weighted by atomic mass is 127. The maximum atomic E-state index is 6.26. The van der Waals surface area contributed by atoms with Crippen LogP contribution in [0.15, 0.2) is 52.1 Å². The molecule has 3 rings (SSSR count). The third-order valence-electron chi connectivity index (χ3n) is 5.41. The summed E-state index contributed by atoms with van der Waals surface area (Å²) in [5, 5.41) is 0. The van der Waals surface area contributed by atoms with Gasteiger partial charge in [0.15, 0.2) is 0 Å². The molecule has 130 valence electrons. The second-order valence-electron chi connectivity index (χ2n) is 7.05. The first-order valence-electron chi connectivity index (χ1n) is 8.91. The third-order valence-corrected chi connectivity index (χ3v) is 6.65. The molecule has 0 saturated heterocycles. The molecule has 0 unspecified atom stereocenters. The van der Waals surface area contributed by atoms with E-state index in [4.69, 9.17) is 9.47 Å². The Hall–Kier alpha value is -0.650. The fourth-order valence-electron chi connectivity index (χ4n) is 4.16. The molecule has 1 aromatic rings. The first-order valence-corrected chi connectivity index (χ1v) is 9.99. The molecule has 2 aliphatic rings. The second-order valence-corrected chi connectivity index (χ2v) is 8.30. The summed E-state index contributed by atoms with van der Waals surface area (Å²) >= 11 is 2.52. The summed E-state index contributed by atoms with van der Waals surface area (Å²) in [6, 6.07) is 10.3. The van der Waals surface area contributed by atoms with E-state index in [9.17, 15) is 0 Å². The van der Waals surface area contributed by atoms with Crippen LogP contribution in [0.4, 0.5) is 0 Å². The third kappa shape index (κ3) is 4.30. The summed E-state index contributed by atoms with van der Waals surface area (Å²) in [5.41, 5.74) is 2.44. The molecule has 24 heavy (non-hydrogen) atoms. The van der Waals surface area contributed by atoms with Crippen molar-refractivity contribution in [1.82, 2.24) is 0 Å². The van der Waals surface area contributed by atoms with Crippen LogP contribution < -0.4 is 0 Å². The Bertz CT molecular complexity index is 581. The molecule has 2 aliphatic carbocycles. The van der Waals surface area contributed by atoms with Gasteiger partial charge in [-0.3, -0.25) is 0 Å². The Morgan fingerprint density at radius 3 is 2.67 bits per heavy atom. The zero-order valence-corrected chi connectivity index (χ0v) is 16.6. The number of rotatable bonds is 7. The van der Waals surface area contributed by atoms with Gasteiger partial charge in [0.2, 0.25) is 0 Å². The van der Waals surface area contributed by atoms with Crippen molar-refractivity contribution in [3.8, 4) is 0 Å². The lowest BCUT2D eigenvalue weighted by atomic mass is 9.86. The van der Waals surface area contributed by atoms with E-state index in [0.29, 0.717) is 31.2 Å². The van der Waals surface area contributed by atoms with E-state index in [1.165, 1.54) is 40.4 Å². The van der Waals surface area contributed by atoms with Gasteiger partial charge in [0.05, 0.1) is 12.7 Å². The van der Waals surface area contributed by atoms with Crippen molar-refractivity contribution in [1.29, 1.82) is 0 Å². The molecule has 0 spiro atoms. The van der Waals surface area contributed by atoms with Crippen LogP contribution in [-0.2, 0) is 16.1 Å². The SMILES string of the molecule is C=C(C)[C@@H]1CC[C@H]([C@@H]2CCC=C2I)[C@@H]1OCOCc1ccccc1. The predicted molar refractivity (Wildman–Crippen MR) is 107 cm³/mol. The number of benzene rings is 1. The van der Waals surface area contributed by atoms with Gasteiger partial charge in [-0.2, -0.15) is 0 Å². The van der Waals surface area contributed by atoms with E-state index in [1.54, 1.807) is 0 Å². The molecule has 4 atom stereocenters. The lowest BCUT2D eigenvalue weighted by Gasteiger charge is -2.29. The molecule has 0 N–H and O–H groups in total. The van der Waals surface area contributed by atoms with Crippen molar-refractivity contribution < 1.29 is 9.47 Å². The Balaban J connectivity index is 1.56. The zero-order chi connectivity index (χ0) is 16.9. The lowest BCUT2D eigenvalue weighted by Crippen LogP contribution is -2.31. The highest BCUT2D eigenvalue weighted by Gasteiger charge is 2.42. The topological polar surface area (TPSA) is 18.5 Å². The predicted octanol–water partition coefficient (Wildman–Crippen LogP) is 5.88. The molecular weight excluding hydrogens is 411 g/mol. The van der Waals surface area contributed by atoms with E-state index in [2.05, 4.69) is 54.3 Å². The molecule has 1 saturated carbocycles. The number of halogens is 1. The van der Waals surface area contributed by atoms with E-state index in [0.717, 1.165) is 0 Å². The fraction of sp³-hybridized carbons (Fsp3) is 0.524. The molecule has 1 aromatic carbocycles. The lowest BCUT2D eigenvalue weighted by molar-refractivity contribution is -0.118. The Labute approximate surface area is 159 Å². The van der Waals surface area contributed by atoms with Gasteiger partial charge in [-0.25, -0.2) is 0 Å². The van der Waals surface area contributed by atoms with Crippen LogP contribution in [0.2, 0.25) is 0 Å². The summed E-state index contributed by atoms with van der Waals surface area (Å²) in [6.07, 6.45) is 7.57. The Morgan fingerprint density at radius 2 is 2.00 bits per heavy atom. The van der Waals surface area contributed by atoms with Gasteiger partial charge in [0.25, 0.3) is 0 Å². The molecule has 1 fully saturated rings. The van der Waals surface area contributed by atoms with Crippen molar-refractivity contribution in [2.75, 3.05) is 6.79 Å². The van der Waals surface area contributed by atoms with Crippen LogP contribution >= 0.6 is 22.6 Å². The van der Waals surface area contributed by atoms with Crippen molar-refractivity contribution >= 4 is 22.6 Å². The summed E-state index contributed by atoms with van der Waals surface area (Å²) in [5.74, 6) is 1.76. The van der Waals surface area contributed by atoms with Crippen molar-refractivity contribution in [2.24, 2.45) is 17.8 Å². The van der Waals surface area contributed by atoms with Crippen LogP contribution in [0, 0.1) is 17.8 Å². The molecule has 0 radical (unpaired) electrons. The van der Waals surface area contributed by atoms with Gasteiger partial charge in [-0.05, 0) is 76.2 Å². The van der Waals surface area contributed by atoms with E-state index >= 15 is 0 Å². The summed E-state index contributed by atoms with van der Waals surface area (Å²) < 4.78 is 13.6. The van der Waals surface area contributed by atoms with Gasteiger partial charge in [-0.15, -0.1) is 0 Å². The van der Waals surface area contributed by atoms with Gasteiger partial charge in [0, 0.05) is 5.92 Å². The minimum Gasteiger partial charge on any atom is -0.351 e. The van der Waals surface area contributed by atoms with Crippen LogP contribution in [0.25, 0.3) is 0 Å². The maximum absolute atomic E-state index is 6.26. The molecular formula is C21H27IO2. The first kappa shape index (κ1) is 18.2. The molecule has 0 amide bonds.